The lowest BCUT2D eigenvalue weighted by molar-refractivity contribution is -0.384. The fourth-order valence-electron chi connectivity index (χ4n) is 1.83. The van der Waals surface area contributed by atoms with E-state index in [2.05, 4.69) is 11.9 Å². The molecule has 128 valence electrons. The molecule has 0 radical (unpaired) electrons. The first-order chi connectivity index (χ1) is 10.6. The van der Waals surface area contributed by atoms with Crippen molar-refractivity contribution in [1.82, 2.24) is 4.90 Å². The van der Waals surface area contributed by atoms with Gasteiger partial charge in [0.2, 0.25) is 0 Å². The highest BCUT2D eigenvalue weighted by molar-refractivity contribution is 5.73. The predicted octanol–water partition coefficient (Wildman–Crippen LogP) is 2.31. The van der Waals surface area contributed by atoms with E-state index >= 15 is 0 Å². The van der Waals surface area contributed by atoms with Gasteiger partial charge < -0.3 is 14.7 Å². The van der Waals surface area contributed by atoms with Crippen LogP contribution in [0.3, 0.4) is 0 Å². The van der Waals surface area contributed by atoms with E-state index in [-0.39, 0.29) is 11.8 Å². The van der Waals surface area contributed by atoms with Crippen molar-refractivity contribution in [2.75, 3.05) is 20.1 Å². The molecule has 1 heterocycles. The van der Waals surface area contributed by atoms with Gasteiger partial charge in [-0.1, -0.05) is 0 Å². The van der Waals surface area contributed by atoms with E-state index in [1.165, 1.54) is 12.1 Å². The van der Waals surface area contributed by atoms with Crippen molar-refractivity contribution in [3.05, 3.63) is 34.4 Å². The number of hydrogen-bond donors (Lipinski definition) is 1. The number of non-ortho nitro benzene ring substituents is 1. The Morgan fingerprint density at radius 1 is 1.39 bits per heavy atom. The minimum atomic E-state index is -5.08. The third kappa shape index (κ3) is 6.51. The van der Waals surface area contributed by atoms with E-state index in [1.54, 1.807) is 12.1 Å². The molecule has 7 nitrogen and oxygen atoms in total. The van der Waals surface area contributed by atoms with Crippen LogP contribution in [0.25, 0.3) is 0 Å². The van der Waals surface area contributed by atoms with Crippen molar-refractivity contribution in [3.8, 4) is 5.75 Å². The second-order valence-corrected chi connectivity index (χ2v) is 4.84. The maximum Gasteiger partial charge on any atom is 0.490 e. The Balaban J connectivity index is 0.000000322. The molecule has 0 aliphatic carbocycles. The van der Waals surface area contributed by atoms with Crippen molar-refractivity contribution in [2.24, 2.45) is 0 Å². The van der Waals surface area contributed by atoms with Crippen LogP contribution in [0.5, 0.6) is 5.75 Å². The van der Waals surface area contributed by atoms with E-state index < -0.39 is 17.1 Å². The Morgan fingerprint density at radius 2 is 1.91 bits per heavy atom. The van der Waals surface area contributed by atoms with Gasteiger partial charge in [-0.3, -0.25) is 10.1 Å². The topological polar surface area (TPSA) is 92.9 Å². The van der Waals surface area contributed by atoms with Gasteiger partial charge in [0.05, 0.1) is 4.92 Å². The number of aliphatic carboxylic acids is 1. The van der Waals surface area contributed by atoms with Crippen molar-refractivity contribution in [3.63, 3.8) is 0 Å². The lowest BCUT2D eigenvalue weighted by Gasteiger charge is -2.13. The molecule has 1 aliphatic heterocycles. The zero-order chi connectivity index (χ0) is 17.6. The molecule has 0 saturated carbocycles. The van der Waals surface area contributed by atoms with Gasteiger partial charge in [0.15, 0.2) is 0 Å². The summed E-state index contributed by atoms with van der Waals surface area (Å²) in [6.07, 6.45) is -3.88. The number of halogens is 3. The first-order valence-corrected chi connectivity index (χ1v) is 6.49. The molecule has 1 aromatic rings. The number of nitro benzene ring substituents is 1. The number of ether oxygens (including phenoxy) is 1. The second-order valence-electron chi connectivity index (χ2n) is 4.84. The van der Waals surface area contributed by atoms with E-state index in [0.29, 0.717) is 5.75 Å². The average molecular weight is 336 g/mol. The minimum absolute atomic E-state index is 0.0934. The van der Waals surface area contributed by atoms with Crippen LogP contribution in [0.4, 0.5) is 18.9 Å². The fraction of sp³-hybridized carbons (Fsp3) is 0.462. The van der Waals surface area contributed by atoms with Crippen LogP contribution in [0.1, 0.15) is 6.42 Å². The molecule has 1 fully saturated rings. The van der Waals surface area contributed by atoms with Crippen LogP contribution in [-0.2, 0) is 4.79 Å². The molecule has 0 aromatic heterocycles. The van der Waals surface area contributed by atoms with Gasteiger partial charge in [0.1, 0.15) is 11.9 Å². The van der Waals surface area contributed by atoms with Crippen LogP contribution >= 0.6 is 0 Å². The Bertz CT molecular complexity index is 548. The molecule has 2 rings (SSSR count). The zero-order valence-electron chi connectivity index (χ0n) is 12.1. The molecule has 1 aromatic carbocycles. The van der Waals surface area contributed by atoms with E-state index in [1.807, 2.05) is 0 Å². The lowest BCUT2D eigenvalue weighted by Crippen LogP contribution is -2.21. The number of likely N-dealkylation sites (tertiary alicyclic amines) is 1. The van der Waals surface area contributed by atoms with E-state index in [4.69, 9.17) is 14.6 Å². The molecular formula is C13H15F3N2O5. The number of carboxylic acid groups (broad SMARTS) is 1. The number of likely N-dealkylation sites (N-methyl/N-ethyl adjacent to an activating group) is 1. The molecular weight excluding hydrogens is 321 g/mol. The van der Waals surface area contributed by atoms with Crippen LogP contribution < -0.4 is 4.74 Å². The highest BCUT2D eigenvalue weighted by Gasteiger charge is 2.38. The number of alkyl halides is 3. The number of benzene rings is 1. The van der Waals surface area contributed by atoms with E-state index in [9.17, 15) is 23.3 Å². The van der Waals surface area contributed by atoms with Gasteiger partial charge in [0.25, 0.3) is 5.69 Å². The molecule has 0 spiro atoms. The zero-order valence-corrected chi connectivity index (χ0v) is 12.1. The first kappa shape index (κ1) is 18.7. The van der Waals surface area contributed by atoms with Gasteiger partial charge in [-0.15, -0.1) is 0 Å². The first-order valence-electron chi connectivity index (χ1n) is 6.49. The summed E-state index contributed by atoms with van der Waals surface area (Å²) < 4.78 is 37.5. The van der Waals surface area contributed by atoms with Crippen LogP contribution in [0.2, 0.25) is 0 Å². The molecule has 0 bridgehead atoms. The monoisotopic (exact) mass is 336 g/mol. The summed E-state index contributed by atoms with van der Waals surface area (Å²) in [6, 6.07) is 6.23. The molecule has 1 N–H and O–H groups in total. The summed E-state index contributed by atoms with van der Waals surface area (Å²) in [5.41, 5.74) is 0.0934. The van der Waals surface area contributed by atoms with Crippen LogP contribution in [0.15, 0.2) is 24.3 Å². The number of hydrogen-bond acceptors (Lipinski definition) is 5. The largest absolute Gasteiger partial charge is 0.490 e. The molecule has 1 atom stereocenters. The lowest BCUT2D eigenvalue weighted by atomic mass is 10.3. The van der Waals surface area contributed by atoms with Crippen LogP contribution in [-0.4, -0.2) is 53.3 Å². The fourth-order valence-corrected chi connectivity index (χ4v) is 1.83. The minimum Gasteiger partial charge on any atom is -0.489 e. The summed E-state index contributed by atoms with van der Waals surface area (Å²) in [6.45, 7) is 1.95. The van der Waals surface area contributed by atoms with Gasteiger partial charge in [-0.25, -0.2) is 4.79 Å². The van der Waals surface area contributed by atoms with Crippen LogP contribution in [0, 0.1) is 10.1 Å². The number of nitrogens with zero attached hydrogens (tertiary/aromatic N) is 2. The molecule has 1 unspecified atom stereocenters. The molecule has 23 heavy (non-hydrogen) atoms. The van der Waals surface area contributed by atoms with Crippen molar-refractivity contribution < 1.29 is 32.7 Å². The number of nitro groups is 1. The highest BCUT2D eigenvalue weighted by atomic mass is 19.4. The third-order valence-corrected chi connectivity index (χ3v) is 2.94. The summed E-state index contributed by atoms with van der Waals surface area (Å²) in [5, 5.41) is 17.6. The summed E-state index contributed by atoms with van der Waals surface area (Å²) in [4.78, 5) is 21.1. The maximum atomic E-state index is 10.6. The van der Waals surface area contributed by atoms with Crippen molar-refractivity contribution in [2.45, 2.75) is 18.7 Å². The van der Waals surface area contributed by atoms with Crippen molar-refractivity contribution >= 4 is 11.7 Å². The predicted molar refractivity (Wildman–Crippen MR) is 73.3 cm³/mol. The van der Waals surface area contributed by atoms with Gasteiger partial charge in [-0.05, 0) is 25.6 Å². The summed E-state index contributed by atoms with van der Waals surface area (Å²) in [5.74, 6) is -2.06. The number of carbonyl (C=O) groups is 1. The van der Waals surface area contributed by atoms with E-state index in [0.717, 1.165) is 19.5 Å². The second kappa shape index (κ2) is 7.77. The van der Waals surface area contributed by atoms with Gasteiger partial charge >= 0.3 is 12.1 Å². The highest BCUT2D eigenvalue weighted by Crippen LogP contribution is 2.20. The smallest absolute Gasteiger partial charge is 0.489 e. The number of carboxylic acids is 1. The molecule has 0 amide bonds. The van der Waals surface area contributed by atoms with Crippen molar-refractivity contribution in [1.29, 1.82) is 0 Å². The molecule has 10 heteroatoms. The third-order valence-electron chi connectivity index (χ3n) is 2.94. The Kier molecular flexibility index (Phi) is 6.31. The molecule has 1 saturated heterocycles. The van der Waals surface area contributed by atoms with Gasteiger partial charge in [0, 0.05) is 25.2 Å². The Labute approximate surface area is 129 Å². The average Bonchev–Trinajstić information content (AvgIpc) is 2.84. The molecule has 1 aliphatic rings. The van der Waals surface area contributed by atoms with Gasteiger partial charge in [-0.2, -0.15) is 13.2 Å². The summed E-state index contributed by atoms with van der Waals surface area (Å²) >= 11 is 0. The summed E-state index contributed by atoms with van der Waals surface area (Å²) in [7, 11) is 2.05. The maximum absolute atomic E-state index is 10.6. The standard InChI is InChI=1S/C11H14N2O3.C2HF3O2/c1-12-7-6-11(8-12)16-10-4-2-9(3-5-10)13(14)15;3-2(4,5)1(6)7/h2-5,11H,6-8H2,1H3;(H,6,7). The number of rotatable bonds is 3. The Morgan fingerprint density at radius 3 is 2.26 bits per heavy atom. The Hall–Kier alpha value is -2.36. The normalized spacial score (nSPS) is 18.0. The quantitative estimate of drug-likeness (QED) is 0.672. The SMILES string of the molecule is CN1CCC(Oc2ccc([N+](=O)[O-])cc2)C1.O=C(O)C(F)(F)F.